The molecule has 1 saturated heterocycles. The maximum absolute atomic E-state index is 13.2. The van der Waals surface area contributed by atoms with Gasteiger partial charge in [-0.1, -0.05) is 23.7 Å². The van der Waals surface area contributed by atoms with Gasteiger partial charge in [-0.15, -0.1) is 0 Å². The first-order valence-corrected chi connectivity index (χ1v) is 9.98. The number of halogens is 4. The smallest absolute Gasteiger partial charge is 0.417 e. The molecule has 0 N–H and O–H groups in total. The lowest BCUT2D eigenvalue weighted by molar-refractivity contribution is -0.138. The highest BCUT2D eigenvalue weighted by Crippen LogP contribution is 2.33. The third-order valence-electron chi connectivity index (χ3n) is 5.41. The van der Waals surface area contributed by atoms with Crippen LogP contribution in [0.1, 0.15) is 32.0 Å². The van der Waals surface area contributed by atoms with Crippen molar-refractivity contribution in [3.8, 4) is 0 Å². The molecule has 2 heterocycles. The van der Waals surface area contributed by atoms with E-state index in [1.165, 1.54) is 28.0 Å². The summed E-state index contributed by atoms with van der Waals surface area (Å²) in [5, 5.41) is 1.27. The summed E-state index contributed by atoms with van der Waals surface area (Å²) in [5.41, 5.74) is -0.141. The molecule has 0 atom stereocenters. The lowest BCUT2D eigenvalue weighted by Gasteiger charge is -2.34. The molecule has 3 aromatic rings. The molecule has 0 aliphatic carbocycles. The second-order valence-corrected chi connectivity index (χ2v) is 7.76. The first kappa shape index (κ1) is 21.2. The minimum Gasteiger partial charge on any atom is -0.451 e. The predicted octanol–water partition coefficient (Wildman–Crippen LogP) is 5.01. The van der Waals surface area contributed by atoms with Gasteiger partial charge in [0.2, 0.25) is 0 Å². The van der Waals surface area contributed by atoms with E-state index >= 15 is 0 Å². The number of nitrogens with zero attached hydrogens (tertiary/aromatic N) is 2. The van der Waals surface area contributed by atoms with E-state index < -0.39 is 17.6 Å². The molecule has 1 fully saturated rings. The van der Waals surface area contributed by atoms with Crippen LogP contribution in [0.4, 0.5) is 13.2 Å². The number of furan rings is 1. The third kappa shape index (κ3) is 3.99. The van der Waals surface area contributed by atoms with Crippen molar-refractivity contribution in [3.05, 3.63) is 69.9 Å². The molecular formula is C22H18ClF3N2O3. The summed E-state index contributed by atoms with van der Waals surface area (Å²) in [4.78, 5) is 28.5. The van der Waals surface area contributed by atoms with E-state index in [4.69, 9.17) is 16.0 Å². The number of hydrogen-bond donors (Lipinski definition) is 0. The fourth-order valence-electron chi connectivity index (χ4n) is 3.74. The molecule has 31 heavy (non-hydrogen) atoms. The Hall–Kier alpha value is -3.00. The van der Waals surface area contributed by atoms with Gasteiger partial charge in [0, 0.05) is 42.2 Å². The van der Waals surface area contributed by atoms with Gasteiger partial charge in [-0.25, -0.2) is 0 Å². The molecule has 0 spiro atoms. The van der Waals surface area contributed by atoms with Crippen LogP contribution in [0.15, 0.2) is 46.9 Å². The van der Waals surface area contributed by atoms with Crippen molar-refractivity contribution >= 4 is 34.4 Å². The van der Waals surface area contributed by atoms with E-state index in [2.05, 4.69) is 0 Å². The van der Waals surface area contributed by atoms with Gasteiger partial charge in [-0.05, 0) is 37.3 Å². The van der Waals surface area contributed by atoms with Crippen molar-refractivity contribution < 1.29 is 27.2 Å². The second kappa shape index (κ2) is 7.92. The van der Waals surface area contributed by atoms with Gasteiger partial charge in [-0.3, -0.25) is 9.59 Å². The fourth-order valence-corrected chi connectivity index (χ4v) is 3.91. The van der Waals surface area contributed by atoms with Gasteiger partial charge in [0.15, 0.2) is 5.76 Å². The van der Waals surface area contributed by atoms with Crippen molar-refractivity contribution in [2.75, 3.05) is 26.2 Å². The summed E-state index contributed by atoms with van der Waals surface area (Å²) in [6, 6.07) is 9.80. The van der Waals surface area contributed by atoms with Gasteiger partial charge in [0.1, 0.15) is 5.58 Å². The predicted molar refractivity (Wildman–Crippen MR) is 109 cm³/mol. The SMILES string of the molecule is Cc1c(C(=O)N2CCN(C(=O)c3ccccc3C(F)(F)F)CC2)oc2ccc(Cl)cc12. The monoisotopic (exact) mass is 450 g/mol. The molecule has 1 aromatic heterocycles. The number of alkyl halides is 3. The van der Waals surface area contributed by atoms with E-state index in [1.807, 2.05) is 0 Å². The van der Waals surface area contributed by atoms with Gasteiger partial charge >= 0.3 is 6.18 Å². The number of carbonyl (C=O) groups excluding carboxylic acids is 2. The second-order valence-electron chi connectivity index (χ2n) is 7.32. The van der Waals surface area contributed by atoms with Gasteiger partial charge in [0.05, 0.1) is 11.1 Å². The molecule has 0 unspecified atom stereocenters. The molecule has 4 rings (SSSR count). The number of amides is 2. The van der Waals surface area contributed by atoms with E-state index in [0.717, 1.165) is 11.5 Å². The molecule has 5 nitrogen and oxygen atoms in total. The maximum atomic E-state index is 13.2. The average Bonchev–Trinajstić information content (AvgIpc) is 3.08. The number of piperazine rings is 1. The van der Waals surface area contributed by atoms with Crippen LogP contribution in [0.5, 0.6) is 0 Å². The summed E-state index contributed by atoms with van der Waals surface area (Å²) in [7, 11) is 0. The number of rotatable bonds is 2. The van der Waals surface area contributed by atoms with E-state index in [9.17, 15) is 22.8 Å². The minimum atomic E-state index is -4.62. The summed E-state index contributed by atoms with van der Waals surface area (Å²) in [6.45, 7) is 2.40. The number of aryl methyl sites for hydroxylation is 1. The van der Waals surface area contributed by atoms with E-state index in [1.54, 1.807) is 25.1 Å². The molecule has 0 saturated carbocycles. The highest BCUT2D eigenvalue weighted by molar-refractivity contribution is 6.31. The topological polar surface area (TPSA) is 53.8 Å². The quantitative estimate of drug-likeness (QED) is 0.551. The number of fused-ring (bicyclic) bond motifs is 1. The van der Waals surface area contributed by atoms with Crippen LogP contribution in [0.3, 0.4) is 0 Å². The largest absolute Gasteiger partial charge is 0.451 e. The summed E-state index contributed by atoms with van der Waals surface area (Å²) in [6.07, 6.45) is -4.62. The van der Waals surface area contributed by atoms with Crippen LogP contribution in [0.2, 0.25) is 5.02 Å². The maximum Gasteiger partial charge on any atom is 0.417 e. The standard InChI is InChI=1S/C22H18ClF3N2O3/c1-13-16-12-14(23)6-7-18(16)31-19(13)21(30)28-10-8-27(9-11-28)20(29)15-4-2-3-5-17(15)22(24,25)26/h2-7,12H,8-11H2,1H3. The normalized spacial score (nSPS) is 14.9. The number of hydrogen-bond acceptors (Lipinski definition) is 3. The summed E-state index contributed by atoms with van der Waals surface area (Å²) >= 11 is 6.02. The van der Waals surface area contributed by atoms with Crippen LogP contribution in [0.25, 0.3) is 11.0 Å². The Labute approximate surface area is 181 Å². The Morgan fingerprint density at radius 1 is 0.968 bits per heavy atom. The highest BCUT2D eigenvalue weighted by Gasteiger charge is 2.37. The molecule has 0 bridgehead atoms. The van der Waals surface area contributed by atoms with E-state index in [-0.39, 0.29) is 43.4 Å². The zero-order valence-electron chi connectivity index (χ0n) is 16.5. The summed E-state index contributed by atoms with van der Waals surface area (Å²) < 4.78 is 45.4. The molecule has 0 radical (unpaired) electrons. The van der Waals surface area contributed by atoms with Crippen molar-refractivity contribution in [1.82, 2.24) is 9.80 Å². The minimum absolute atomic E-state index is 0.127. The molecule has 162 valence electrons. The van der Waals surface area contributed by atoms with Crippen LogP contribution in [0, 0.1) is 6.92 Å². The van der Waals surface area contributed by atoms with E-state index in [0.29, 0.717) is 16.2 Å². The molecule has 9 heteroatoms. The van der Waals surface area contributed by atoms with Gasteiger partial charge in [-0.2, -0.15) is 13.2 Å². The Morgan fingerprint density at radius 2 is 1.58 bits per heavy atom. The zero-order chi connectivity index (χ0) is 22.3. The Balaban J connectivity index is 1.49. The van der Waals surface area contributed by atoms with Crippen molar-refractivity contribution in [1.29, 1.82) is 0 Å². The highest BCUT2D eigenvalue weighted by atomic mass is 35.5. The van der Waals surface area contributed by atoms with Crippen molar-refractivity contribution in [3.63, 3.8) is 0 Å². The lowest BCUT2D eigenvalue weighted by Crippen LogP contribution is -2.50. The van der Waals surface area contributed by atoms with Crippen molar-refractivity contribution in [2.24, 2.45) is 0 Å². The molecule has 2 aromatic carbocycles. The first-order chi connectivity index (χ1) is 14.7. The van der Waals surface area contributed by atoms with Crippen LogP contribution < -0.4 is 0 Å². The summed E-state index contributed by atoms with van der Waals surface area (Å²) in [5.74, 6) is -0.832. The Morgan fingerprint density at radius 3 is 2.23 bits per heavy atom. The Bertz CT molecular complexity index is 1160. The molecule has 1 aliphatic rings. The van der Waals surface area contributed by atoms with Gasteiger partial charge in [0.25, 0.3) is 11.8 Å². The Kier molecular flexibility index (Phi) is 5.43. The molecule has 2 amide bonds. The fraction of sp³-hybridized carbons (Fsp3) is 0.273. The van der Waals surface area contributed by atoms with Crippen LogP contribution in [-0.2, 0) is 6.18 Å². The van der Waals surface area contributed by atoms with Crippen LogP contribution in [-0.4, -0.2) is 47.8 Å². The number of carbonyl (C=O) groups is 2. The van der Waals surface area contributed by atoms with Crippen molar-refractivity contribution in [2.45, 2.75) is 13.1 Å². The lowest BCUT2D eigenvalue weighted by atomic mass is 10.1. The van der Waals surface area contributed by atoms with Crippen LogP contribution >= 0.6 is 11.6 Å². The molecule has 1 aliphatic heterocycles. The zero-order valence-corrected chi connectivity index (χ0v) is 17.3. The van der Waals surface area contributed by atoms with Gasteiger partial charge < -0.3 is 14.2 Å². The third-order valence-corrected chi connectivity index (χ3v) is 5.64. The average molecular weight is 451 g/mol. The number of benzene rings is 2. The first-order valence-electron chi connectivity index (χ1n) is 9.60. The molecular weight excluding hydrogens is 433 g/mol.